The van der Waals surface area contributed by atoms with Gasteiger partial charge < -0.3 is 14.0 Å². The average Bonchev–Trinajstić information content (AvgIpc) is 3.50. The molecule has 4 rings (SSSR count). The van der Waals surface area contributed by atoms with Gasteiger partial charge in [0.1, 0.15) is 6.54 Å². The maximum absolute atomic E-state index is 13.0. The fourth-order valence-corrected chi connectivity index (χ4v) is 6.66. The number of ether oxygens (including phenoxy) is 2. The zero-order valence-corrected chi connectivity index (χ0v) is 23.3. The third-order valence-electron chi connectivity index (χ3n) is 5.82. The normalized spacial score (nSPS) is 16.6. The number of benzene rings is 2. The van der Waals surface area contributed by atoms with Crippen molar-refractivity contribution in [1.82, 2.24) is 8.87 Å². The summed E-state index contributed by atoms with van der Waals surface area (Å²) in [4.78, 5) is 29.7. The van der Waals surface area contributed by atoms with E-state index in [1.54, 1.807) is 19.1 Å². The number of halogens is 2. The van der Waals surface area contributed by atoms with Crippen molar-refractivity contribution >= 4 is 66.7 Å². The zero-order valence-electron chi connectivity index (χ0n) is 20.1. The molecule has 1 aromatic heterocycles. The molecule has 198 valence electrons. The van der Waals surface area contributed by atoms with E-state index in [-0.39, 0.29) is 46.1 Å². The standard InChI is InChI=1S/C24H25Cl2N3O6S2/c1-3-34-20(30)14-29-22-19(11-10-18(25)21(22)26)36-24(29)27-23(31)15-6-8-17(9-7-15)37(32,33)28(2)13-16-5-4-12-35-16/h6-11,16H,3-5,12-14H2,1-2H3. The first-order valence-electron chi connectivity index (χ1n) is 11.5. The van der Waals surface area contributed by atoms with Crippen LogP contribution in [0.3, 0.4) is 0 Å². The van der Waals surface area contributed by atoms with Gasteiger partial charge in [0.2, 0.25) is 10.0 Å². The first kappa shape index (κ1) is 27.7. The highest BCUT2D eigenvalue weighted by molar-refractivity contribution is 7.89. The lowest BCUT2D eigenvalue weighted by molar-refractivity contribution is -0.143. The highest BCUT2D eigenvalue weighted by Gasteiger charge is 2.26. The van der Waals surface area contributed by atoms with Gasteiger partial charge in [-0.25, -0.2) is 8.42 Å². The Kier molecular flexibility index (Phi) is 8.72. The van der Waals surface area contributed by atoms with Gasteiger partial charge in [0.15, 0.2) is 4.80 Å². The largest absolute Gasteiger partial charge is 0.465 e. The molecular formula is C24H25Cl2N3O6S2. The minimum Gasteiger partial charge on any atom is -0.465 e. The van der Waals surface area contributed by atoms with E-state index in [2.05, 4.69) is 4.99 Å². The Bertz CT molecular complexity index is 1490. The highest BCUT2D eigenvalue weighted by atomic mass is 35.5. The van der Waals surface area contributed by atoms with Crippen LogP contribution in [-0.2, 0) is 30.8 Å². The molecule has 0 saturated carbocycles. The number of nitrogens with zero attached hydrogens (tertiary/aromatic N) is 3. The van der Waals surface area contributed by atoms with Crippen LogP contribution in [0, 0.1) is 0 Å². The van der Waals surface area contributed by atoms with Crippen LogP contribution < -0.4 is 4.80 Å². The van der Waals surface area contributed by atoms with Crippen molar-refractivity contribution in [3.05, 3.63) is 56.8 Å². The van der Waals surface area contributed by atoms with Gasteiger partial charge in [0, 0.05) is 25.8 Å². The first-order valence-corrected chi connectivity index (χ1v) is 14.5. The van der Waals surface area contributed by atoms with Crippen LogP contribution in [0.4, 0.5) is 0 Å². The molecule has 13 heteroatoms. The predicted octanol–water partition coefficient (Wildman–Crippen LogP) is 4.11. The molecule has 2 heterocycles. The summed E-state index contributed by atoms with van der Waals surface area (Å²) in [5, 5.41) is 0.527. The molecule has 0 spiro atoms. The Balaban J connectivity index is 1.64. The molecule has 1 unspecified atom stereocenters. The van der Waals surface area contributed by atoms with E-state index >= 15 is 0 Å². The molecule has 0 aliphatic carbocycles. The summed E-state index contributed by atoms with van der Waals surface area (Å²) in [6.45, 7) is 2.57. The second-order valence-corrected chi connectivity index (χ2v) is 12.2. The van der Waals surface area contributed by atoms with Crippen LogP contribution in [0.25, 0.3) is 10.2 Å². The molecule has 1 aliphatic rings. The number of aromatic nitrogens is 1. The van der Waals surface area contributed by atoms with Gasteiger partial charge in [-0.2, -0.15) is 9.30 Å². The summed E-state index contributed by atoms with van der Waals surface area (Å²) in [5.74, 6) is -1.13. The average molecular weight is 587 g/mol. The number of thiazole rings is 1. The molecule has 3 aromatic rings. The number of amides is 1. The van der Waals surface area contributed by atoms with Crippen molar-refractivity contribution in [2.45, 2.75) is 37.3 Å². The molecule has 0 bridgehead atoms. The molecule has 1 fully saturated rings. The van der Waals surface area contributed by atoms with E-state index < -0.39 is 21.9 Å². The second kappa shape index (κ2) is 11.6. The SMILES string of the molecule is CCOC(=O)Cn1c(=NC(=O)c2ccc(S(=O)(=O)N(C)CC3CCCO3)cc2)sc2ccc(Cl)c(Cl)c21. The maximum Gasteiger partial charge on any atom is 0.326 e. The minimum absolute atomic E-state index is 0.0604. The number of esters is 1. The fraction of sp³-hybridized carbons (Fsp3) is 0.375. The molecule has 0 radical (unpaired) electrons. The number of carbonyl (C=O) groups excluding carboxylic acids is 2. The number of fused-ring (bicyclic) bond motifs is 1. The van der Waals surface area contributed by atoms with E-state index in [4.69, 9.17) is 32.7 Å². The summed E-state index contributed by atoms with van der Waals surface area (Å²) in [7, 11) is -2.24. The lowest BCUT2D eigenvalue weighted by Gasteiger charge is -2.20. The Morgan fingerprint density at radius 1 is 1.22 bits per heavy atom. The van der Waals surface area contributed by atoms with Crippen molar-refractivity contribution in [3.63, 3.8) is 0 Å². The summed E-state index contributed by atoms with van der Waals surface area (Å²) >= 11 is 13.7. The van der Waals surface area contributed by atoms with Crippen LogP contribution in [-0.4, -0.2) is 62.1 Å². The van der Waals surface area contributed by atoms with Gasteiger partial charge in [0.25, 0.3) is 5.91 Å². The van der Waals surface area contributed by atoms with E-state index in [1.165, 1.54) is 51.5 Å². The molecule has 2 aromatic carbocycles. The fourth-order valence-electron chi connectivity index (χ4n) is 3.94. The summed E-state index contributed by atoms with van der Waals surface area (Å²) in [6, 6.07) is 8.91. The van der Waals surface area contributed by atoms with Crippen molar-refractivity contribution in [1.29, 1.82) is 0 Å². The van der Waals surface area contributed by atoms with E-state index in [1.807, 2.05) is 0 Å². The quantitative estimate of drug-likeness (QED) is 0.368. The van der Waals surface area contributed by atoms with Crippen LogP contribution in [0.2, 0.25) is 10.0 Å². The van der Waals surface area contributed by atoms with Gasteiger partial charge in [-0.1, -0.05) is 34.5 Å². The summed E-state index contributed by atoms with van der Waals surface area (Å²) < 4.78 is 39.9. The van der Waals surface area contributed by atoms with E-state index in [9.17, 15) is 18.0 Å². The number of rotatable bonds is 8. The van der Waals surface area contributed by atoms with Gasteiger partial charge in [-0.3, -0.25) is 9.59 Å². The van der Waals surface area contributed by atoms with Gasteiger partial charge >= 0.3 is 5.97 Å². The Labute approximate surface area is 228 Å². The zero-order chi connectivity index (χ0) is 26.7. The van der Waals surface area contributed by atoms with Gasteiger partial charge in [-0.05, 0) is 56.2 Å². The summed E-state index contributed by atoms with van der Waals surface area (Å²) in [6.07, 6.45) is 1.61. The molecule has 37 heavy (non-hydrogen) atoms. The molecular weight excluding hydrogens is 561 g/mol. The summed E-state index contributed by atoms with van der Waals surface area (Å²) in [5.41, 5.74) is 0.652. The number of hydrogen-bond acceptors (Lipinski definition) is 7. The van der Waals surface area contributed by atoms with Gasteiger partial charge in [-0.15, -0.1) is 0 Å². The van der Waals surface area contributed by atoms with E-state index in [0.717, 1.165) is 12.8 Å². The number of carbonyl (C=O) groups is 2. The second-order valence-electron chi connectivity index (χ2n) is 8.35. The van der Waals surface area contributed by atoms with Crippen molar-refractivity contribution in [2.75, 3.05) is 26.8 Å². The molecule has 9 nitrogen and oxygen atoms in total. The first-order chi connectivity index (χ1) is 17.6. The number of likely N-dealkylation sites (N-methyl/N-ethyl adjacent to an activating group) is 1. The Morgan fingerprint density at radius 2 is 1.95 bits per heavy atom. The molecule has 0 N–H and O–H groups in total. The predicted molar refractivity (Wildman–Crippen MR) is 142 cm³/mol. The smallest absolute Gasteiger partial charge is 0.326 e. The highest BCUT2D eigenvalue weighted by Crippen LogP contribution is 2.32. The monoisotopic (exact) mass is 585 g/mol. The maximum atomic E-state index is 13.0. The molecule has 1 aliphatic heterocycles. The lowest BCUT2D eigenvalue weighted by atomic mass is 10.2. The Morgan fingerprint density at radius 3 is 2.59 bits per heavy atom. The molecule has 1 amide bonds. The van der Waals surface area contributed by atoms with Gasteiger partial charge in [0.05, 0.1) is 37.9 Å². The lowest BCUT2D eigenvalue weighted by Crippen LogP contribution is -2.34. The third kappa shape index (κ3) is 6.08. The minimum atomic E-state index is -3.75. The number of hydrogen-bond donors (Lipinski definition) is 0. The van der Waals surface area contributed by atoms with E-state index in [0.29, 0.717) is 21.8 Å². The van der Waals surface area contributed by atoms with Crippen LogP contribution >= 0.6 is 34.5 Å². The van der Waals surface area contributed by atoms with Crippen molar-refractivity contribution in [3.8, 4) is 0 Å². The number of sulfonamides is 1. The topological polar surface area (TPSA) is 107 Å². The Hall–Kier alpha value is -2.28. The third-order valence-corrected chi connectivity index (χ3v) is 9.49. The van der Waals surface area contributed by atoms with Crippen molar-refractivity contribution in [2.24, 2.45) is 4.99 Å². The molecule has 1 atom stereocenters. The van der Waals surface area contributed by atoms with Crippen molar-refractivity contribution < 1.29 is 27.5 Å². The van der Waals surface area contributed by atoms with Crippen LogP contribution in [0.15, 0.2) is 46.3 Å². The van der Waals surface area contributed by atoms with Crippen LogP contribution in [0.5, 0.6) is 0 Å². The molecule has 1 saturated heterocycles. The van der Waals surface area contributed by atoms with Crippen LogP contribution in [0.1, 0.15) is 30.1 Å².